The van der Waals surface area contributed by atoms with Crippen molar-refractivity contribution < 1.29 is 24.2 Å². The summed E-state index contributed by atoms with van der Waals surface area (Å²) in [6.45, 7) is 5.31. The molecular weight excluding hydrogens is 408 g/mol. The van der Waals surface area contributed by atoms with Gasteiger partial charge < -0.3 is 20.5 Å². The number of alkyl carbamates (subject to hydrolysis) is 1. The van der Waals surface area contributed by atoms with Gasteiger partial charge in [0.25, 0.3) is 0 Å². The Morgan fingerprint density at radius 1 is 1.00 bits per heavy atom. The molecule has 0 heterocycles. The van der Waals surface area contributed by atoms with Crippen molar-refractivity contribution in [2.75, 3.05) is 6.61 Å². The van der Waals surface area contributed by atoms with Crippen molar-refractivity contribution >= 4 is 18.0 Å². The Morgan fingerprint density at radius 2 is 1.56 bits per heavy atom. The molecule has 1 aliphatic rings. The number of carbonyl (C=O) groups is 3. The van der Waals surface area contributed by atoms with E-state index in [-0.39, 0.29) is 18.9 Å². The Labute approximate surface area is 187 Å². The van der Waals surface area contributed by atoms with Gasteiger partial charge in [0.05, 0.1) is 0 Å². The number of hydrogen-bond acceptors (Lipinski definition) is 4. The number of hydrogen-bond donors (Lipinski definition) is 3. The first kappa shape index (κ1) is 23.1. The van der Waals surface area contributed by atoms with Crippen LogP contribution in [0.15, 0.2) is 60.2 Å². The fraction of sp³-hybridized carbons (Fsp3) is 0.320. The Morgan fingerprint density at radius 3 is 2.09 bits per heavy atom. The van der Waals surface area contributed by atoms with E-state index in [0.29, 0.717) is 0 Å². The third kappa shape index (κ3) is 5.35. The highest BCUT2D eigenvalue weighted by atomic mass is 16.5. The Hall–Kier alpha value is -3.61. The van der Waals surface area contributed by atoms with Crippen LogP contribution in [0, 0.1) is 0 Å². The van der Waals surface area contributed by atoms with Crippen molar-refractivity contribution in [2.24, 2.45) is 0 Å². The Balaban J connectivity index is 1.57. The summed E-state index contributed by atoms with van der Waals surface area (Å²) in [6, 6.07) is 14.0. The molecule has 3 N–H and O–H groups in total. The number of fused-ring (bicyclic) bond motifs is 3. The van der Waals surface area contributed by atoms with E-state index >= 15 is 0 Å². The van der Waals surface area contributed by atoms with E-state index in [0.717, 1.165) is 27.8 Å². The fourth-order valence-corrected chi connectivity index (χ4v) is 3.75. The number of carbonyl (C=O) groups excluding carboxylic acids is 2. The van der Waals surface area contributed by atoms with Crippen molar-refractivity contribution in [1.29, 1.82) is 0 Å². The number of benzene rings is 2. The summed E-state index contributed by atoms with van der Waals surface area (Å²) in [4.78, 5) is 36.1. The molecule has 2 atom stereocenters. The molecule has 168 valence electrons. The van der Waals surface area contributed by atoms with Crippen molar-refractivity contribution in [3.8, 4) is 11.1 Å². The van der Waals surface area contributed by atoms with Gasteiger partial charge in [-0.2, -0.15) is 0 Å². The number of ether oxygens (including phenoxy) is 1. The van der Waals surface area contributed by atoms with Gasteiger partial charge in [-0.05, 0) is 49.4 Å². The average molecular weight is 437 g/mol. The molecule has 7 heteroatoms. The van der Waals surface area contributed by atoms with Crippen LogP contribution in [0.5, 0.6) is 0 Å². The van der Waals surface area contributed by atoms with E-state index in [1.807, 2.05) is 50.2 Å². The van der Waals surface area contributed by atoms with Crippen LogP contribution in [0.2, 0.25) is 0 Å². The second-order valence-corrected chi connectivity index (χ2v) is 8.11. The minimum Gasteiger partial charge on any atom is -0.480 e. The summed E-state index contributed by atoms with van der Waals surface area (Å²) in [6.07, 6.45) is 1.18. The van der Waals surface area contributed by atoms with E-state index < -0.39 is 30.1 Å². The summed E-state index contributed by atoms with van der Waals surface area (Å²) in [7, 11) is 0. The first-order chi connectivity index (χ1) is 15.3. The molecule has 0 saturated heterocycles. The van der Waals surface area contributed by atoms with Gasteiger partial charge in [0.15, 0.2) is 0 Å². The second kappa shape index (κ2) is 10.1. The Kier molecular flexibility index (Phi) is 7.30. The largest absolute Gasteiger partial charge is 0.480 e. The molecule has 2 amide bonds. The van der Waals surface area contributed by atoms with Gasteiger partial charge in [0, 0.05) is 5.92 Å². The summed E-state index contributed by atoms with van der Waals surface area (Å²) in [5.41, 5.74) is 5.39. The van der Waals surface area contributed by atoms with Crippen LogP contribution in [0.1, 0.15) is 44.2 Å². The number of allylic oxidation sites excluding steroid dienone is 1. The first-order valence-electron chi connectivity index (χ1n) is 10.6. The number of aliphatic carboxylic acids is 1. The number of rotatable bonds is 8. The zero-order valence-corrected chi connectivity index (χ0v) is 18.4. The topological polar surface area (TPSA) is 105 Å². The van der Waals surface area contributed by atoms with Gasteiger partial charge in [0.1, 0.15) is 18.7 Å². The van der Waals surface area contributed by atoms with Crippen LogP contribution < -0.4 is 10.6 Å². The molecular formula is C25H28N2O5. The molecule has 2 aromatic rings. The molecule has 7 nitrogen and oxygen atoms in total. The van der Waals surface area contributed by atoms with Gasteiger partial charge in [-0.1, -0.05) is 60.2 Å². The third-order valence-corrected chi connectivity index (χ3v) is 5.45. The number of nitrogens with one attached hydrogen (secondary N) is 2. The lowest BCUT2D eigenvalue weighted by atomic mass is 9.98. The van der Waals surface area contributed by atoms with E-state index in [4.69, 9.17) is 4.74 Å². The minimum atomic E-state index is -1.14. The maximum absolute atomic E-state index is 12.4. The Bertz CT molecular complexity index is 997. The molecule has 0 aromatic heterocycles. The van der Waals surface area contributed by atoms with Gasteiger partial charge in [-0.25, -0.2) is 9.59 Å². The number of carboxylic acid groups (broad SMARTS) is 1. The van der Waals surface area contributed by atoms with Crippen molar-refractivity contribution in [3.05, 3.63) is 71.3 Å². The first-order valence-corrected chi connectivity index (χ1v) is 10.6. The third-order valence-electron chi connectivity index (χ3n) is 5.45. The van der Waals surface area contributed by atoms with Gasteiger partial charge in [0.2, 0.25) is 5.91 Å². The zero-order valence-electron chi connectivity index (χ0n) is 18.4. The fourth-order valence-electron chi connectivity index (χ4n) is 3.75. The van der Waals surface area contributed by atoms with Gasteiger partial charge >= 0.3 is 12.1 Å². The molecule has 1 unspecified atom stereocenters. The van der Waals surface area contributed by atoms with E-state index in [9.17, 15) is 19.5 Å². The lowest BCUT2D eigenvalue weighted by molar-refractivity contribution is -0.141. The van der Waals surface area contributed by atoms with Gasteiger partial charge in [-0.3, -0.25) is 4.79 Å². The molecule has 1 aliphatic carbocycles. The van der Waals surface area contributed by atoms with Crippen LogP contribution in [-0.4, -0.2) is 41.8 Å². The molecule has 0 saturated carbocycles. The van der Waals surface area contributed by atoms with Gasteiger partial charge in [-0.15, -0.1) is 0 Å². The molecule has 0 aliphatic heterocycles. The highest BCUT2D eigenvalue weighted by molar-refractivity contribution is 5.89. The van der Waals surface area contributed by atoms with Crippen molar-refractivity contribution in [2.45, 2.75) is 45.2 Å². The van der Waals surface area contributed by atoms with E-state index in [2.05, 4.69) is 22.8 Å². The lowest BCUT2D eigenvalue weighted by Gasteiger charge is -2.19. The lowest BCUT2D eigenvalue weighted by Crippen LogP contribution is -2.50. The molecule has 0 radical (unpaired) electrons. The number of amides is 2. The average Bonchev–Trinajstić information content (AvgIpc) is 3.08. The highest BCUT2D eigenvalue weighted by Crippen LogP contribution is 2.44. The molecule has 3 rings (SSSR count). The summed E-state index contributed by atoms with van der Waals surface area (Å²) in [5.74, 6) is -1.81. The molecule has 0 bridgehead atoms. The normalized spacial score (nSPS) is 13.8. The van der Waals surface area contributed by atoms with Crippen LogP contribution in [0.3, 0.4) is 0 Å². The molecule has 2 aromatic carbocycles. The summed E-state index contributed by atoms with van der Waals surface area (Å²) < 4.78 is 5.44. The predicted octanol–water partition coefficient (Wildman–Crippen LogP) is 3.84. The van der Waals surface area contributed by atoms with E-state index in [1.54, 1.807) is 6.08 Å². The molecule has 0 fully saturated rings. The van der Waals surface area contributed by atoms with Crippen molar-refractivity contribution in [3.63, 3.8) is 0 Å². The SMILES string of the molecule is CC(C)=CCC(NC(=O)[C@@H](C)NC(=O)OCC1c2ccccc2-c2ccccc21)C(=O)O. The number of carboxylic acids is 1. The summed E-state index contributed by atoms with van der Waals surface area (Å²) in [5, 5.41) is 14.2. The maximum Gasteiger partial charge on any atom is 0.407 e. The molecule has 32 heavy (non-hydrogen) atoms. The minimum absolute atomic E-state index is 0.0854. The monoisotopic (exact) mass is 436 g/mol. The molecule has 0 spiro atoms. The maximum atomic E-state index is 12.4. The van der Waals surface area contributed by atoms with Crippen LogP contribution >= 0.6 is 0 Å². The van der Waals surface area contributed by atoms with Crippen LogP contribution in [-0.2, 0) is 14.3 Å². The van der Waals surface area contributed by atoms with Crippen molar-refractivity contribution in [1.82, 2.24) is 10.6 Å². The smallest absolute Gasteiger partial charge is 0.407 e. The second-order valence-electron chi connectivity index (χ2n) is 8.11. The quantitative estimate of drug-likeness (QED) is 0.546. The van der Waals surface area contributed by atoms with Crippen LogP contribution in [0.4, 0.5) is 4.79 Å². The zero-order chi connectivity index (χ0) is 23.3. The van der Waals surface area contributed by atoms with E-state index in [1.165, 1.54) is 6.92 Å². The van der Waals surface area contributed by atoms with Crippen LogP contribution in [0.25, 0.3) is 11.1 Å². The predicted molar refractivity (Wildman–Crippen MR) is 121 cm³/mol. The highest BCUT2D eigenvalue weighted by Gasteiger charge is 2.29. The standard InChI is InChI=1S/C25H28N2O5/c1-15(2)12-13-22(24(29)30)27-23(28)16(3)26-25(31)32-14-21-19-10-6-4-8-17(19)18-9-5-7-11-20(18)21/h4-12,16,21-22H,13-14H2,1-3H3,(H,26,31)(H,27,28)(H,29,30)/t16-,22?/m1/s1. The summed E-state index contributed by atoms with van der Waals surface area (Å²) >= 11 is 0.